The van der Waals surface area contributed by atoms with Gasteiger partial charge in [0.1, 0.15) is 29.3 Å². The first-order chi connectivity index (χ1) is 16.8. The Balaban J connectivity index is 1.18. The average Bonchev–Trinajstić information content (AvgIpc) is 3.16. The molecule has 3 heterocycles. The minimum absolute atomic E-state index is 0.0424. The van der Waals surface area contributed by atoms with Crippen LogP contribution in [0.2, 0.25) is 0 Å². The van der Waals surface area contributed by atoms with Gasteiger partial charge in [-0.05, 0) is 76.2 Å². The van der Waals surface area contributed by atoms with Gasteiger partial charge in [-0.25, -0.2) is 13.8 Å². The molecule has 3 aliphatic heterocycles. The molecule has 0 aromatic heterocycles. The van der Waals surface area contributed by atoms with E-state index in [4.69, 9.17) is 4.74 Å². The summed E-state index contributed by atoms with van der Waals surface area (Å²) in [7, 11) is 0. The first-order valence-electron chi connectivity index (χ1n) is 13.2. The van der Waals surface area contributed by atoms with Gasteiger partial charge in [0.2, 0.25) is 11.8 Å². The van der Waals surface area contributed by atoms with Crippen LogP contribution in [0.3, 0.4) is 0 Å². The fraction of sp³-hybridized carbons (Fsp3) is 0.704. The predicted octanol–water partition coefficient (Wildman–Crippen LogP) is 3.69. The zero-order valence-corrected chi connectivity index (χ0v) is 21.3. The van der Waals surface area contributed by atoms with Crippen molar-refractivity contribution in [2.24, 2.45) is 22.7 Å². The van der Waals surface area contributed by atoms with Gasteiger partial charge in [-0.15, -0.1) is 0 Å². The Hall–Kier alpha value is -2.06. The molecule has 35 heavy (non-hydrogen) atoms. The van der Waals surface area contributed by atoms with Gasteiger partial charge in [0.05, 0.1) is 0 Å². The number of benzene rings is 1. The van der Waals surface area contributed by atoms with E-state index in [0.29, 0.717) is 6.54 Å². The lowest BCUT2D eigenvalue weighted by molar-refractivity contribution is -0.126. The molecule has 3 aliphatic rings. The number of piperidine rings is 2. The van der Waals surface area contributed by atoms with Crippen LogP contribution in [-0.2, 0) is 9.53 Å². The molecule has 8 heteroatoms. The molecule has 4 atom stereocenters. The number of ether oxygens (including phenoxy) is 1. The number of halogens is 2. The van der Waals surface area contributed by atoms with Crippen molar-refractivity contribution in [1.29, 1.82) is 0 Å². The summed E-state index contributed by atoms with van der Waals surface area (Å²) in [6.45, 7) is 12.9. The maximum absolute atomic E-state index is 14.1. The minimum atomic E-state index is -0.663. The molecule has 1 aromatic carbocycles. The molecule has 1 N–H and O–H groups in total. The van der Waals surface area contributed by atoms with Gasteiger partial charge >= 0.3 is 0 Å². The Morgan fingerprint density at radius 1 is 1.09 bits per heavy atom. The van der Waals surface area contributed by atoms with Crippen molar-refractivity contribution in [1.82, 2.24) is 15.1 Å². The first kappa shape index (κ1) is 26.0. The number of nitrogens with zero attached hydrogens (tertiary/aromatic N) is 3. The van der Waals surface area contributed by atoms with Crippen LogP contribution in [0.5, 0.6) is 0 Å². The SMILES string of the molecule is CC1OC(c2c(F)cccc2F)=NC1CN1CCC(C(=O)NCCCN2C[C@H](C)C[C@H](C)C2)CC1. The summed E-state index contributed by atoms with van der Waals surface area (Å²) >= 11 is 0. The van der Waals surface area contributed by atoms with Gasteiger partial charge in [-0.2, -0.15) is 0 Å². The number of aliphatic imine (C=N–C) groups is 1. The molecule has 0 bridgehead atoms. The van der Waals surface area contributed by atoms with Crippen LogP contribution in [0.15, 0.2) is 23.2 Å². The molecular weight excluding hydrogens is 450 g/mol. The molecule has 0 aliphatic carbocycles. The standard InChI is InChI=1S/C27H40F2N4O2/c1-18-14-19(2)16-33(15-18)11-5-10-30-26(34)21-8-12-32(13-9-21)17-24-20(3)35-27(31-24)25-22(28)6-4-7-23(25)29/h4,6-7,18-21,24H,5,8-17H2,1-3H3,(H,30,34)/t18-,19+,20?,24?. The Labute approximate surface area is 208 Å². The van der Waals surface area contributed by atoms with Crippen molar-refractivity contribution in [3.63, 3.8) is 0 Å². The Bertz CT molecular complexity index is 873. The number of nitrogens with one attached hydrogen (secondary N) is 1. The van der Waals surface area contributed by atoms with Gasteiger partial charge in [0.25, 0.3) is 0 Å². The smallest absolute Gasteiger partial charge is 0.223 e. The van der Waals surface area contributed by atoms with Gasteiger partial charge in [-0.1, -0.05) is 19.9 Å². The molecule has 2 unspecified atom stereocenters. The Morgan fingerprint density at radius 2 is 1.74 bits per heavy atom. The molecular formula is C27H40F2N4O2. The topological polar surface area (TPSA) is 57.2 Å². The van der Waals surface area contributed by atoms with E-state index >= 15 is 0 Å². The zero-order chi connectivity index (χ0) is 24.9. The second-order valence-electron chi connectivity index (χ2n) is 10.8. The molecule has 2 fully saturated rings. The fourth-order valence-electron chi connectivity index (χ4n) is 5.83. The van der Waals surface area contributed by atoms with Gasteiger partial charge in [0, 0.05) is 32.1 Å². The molecule has 1 aromatic rings. The number of likely N-dealkylation sites (tertiary alicyclic amines) is 2. The van der Waals surface area contributed by atoms with E-state index in [1.54, 1.807) is 0 Å². The zero-order valence-electron chi connectivity index (χ0n) is 21.3. The van der Waals surface area contributed by atoms with E-state index in [0.717, 1.165) is 57.3 Å². The molecule has 194 valence electrons. The third-order valence-corrected chi connectivity index (χ3v) is 7.60. The molecule has 6 nitrogen and oxygen atoms in total. The predicted molar refractivity (Wildman–Crippen MR) is 133 cm³/mol. The number of rotatable bonds is 8. The summed E-state index contributed by atoms with van der Waals surface area (Å²) in [6.07, 6.45) is 3.68. The second kappa shape index (κ2) is 11.8. The van der Waals surface area contributed by atoms with Crippen LogP contribution in [-0.4, -0.2) is 79.6 Å². The normalized spacial score (nSPS) is 28.5. The van der Waals surface area contributed by atoms with Crippen molar-refractivity contribution < 1.29 is 18.3 Å². The highest BCUT2D eigenvalue weighted by atomic mass is 19.1. The highest BCUT2D eigenvalue weighted by Gasteiger charge is 2.34. The lowest BCUT2D eigenvalue weighted by Gasteiger charge is -2.35. The van der Waals surface area contributed by atoms with Crippen molar-refractivity contribution >= 4 is 11.8 Å². The largest absolute Gasteiger partial charge is 0.472 e. The Morgan fingerprint density at radius 3 is 2.40 bits per heavy atom. The van der Waals surface area contributed by atoms with E-state index in [1.807, 2.05) is 6.92 Å². The third-order valence-electron chi connectivity index (χ3n) is 7.60. The summed E-state index contributed by atoms with van der Waals surface area (Å²) in [5.74, 6) is 0.446. The van der Waals surface area contributed by atoms with Crippen molar-refractivity contribution in [2.45, 2.75) is 58.6 Å². The van der Waals surface area contributed by atoms with E-state index in [-0.39, 0.29) is 35.4 Å². The summed E-state index contributed by atoms with van der Waals surface area (Å²) < 4.78 is 33.9. The van der Waals surface area contributed by atoms with Crippen LogP contribution in [0, 0.1) is 29.4 Å². The van der Waals surface area contributed by atoms with Gasteiger partial charge < -0.3 is 19.9 Å². The first-order valence-corrected chi connectivity index (χ1v) is 13.2. The maximum Gasteiger partial charge on any atom is 0.223 e. The highest BCUT2D eigenvalue weighted by Crippen LogP contribution is 2.25. The van der Waals surface area contributed by atoms with E-state index in [1.165, 1.54) is 37.7 Å². The number of hydrogen-bond acceptors (Lipinski definition) is 5. The second-order valence-corrected chi connectivity index (χ2v) is 10.8. The van der Waals surface area contributed by atoms with E-state index in [2.05, 4.69) is 34.0 Å². The lowest BCUT2D eigenvalue weighted by atomic mass is 9.92. The lowest BCUT2D eigenvalue weighted by Crippen LogP contribution is -2.44. The van der Waals surface area contributed by atoms with Crippen LogP contribution in [0.25, 0.3) is 0 Å². The maximum atomic E-state index is 14.1. The van der Waals surface area contributed by atoms with E-state index in [9.17, 15) is 13.6 Å². The van der Waals surface area contributed by atoms with Crippen molar-refractivity contribution in [3.05, 3.63) is 35.4 Å². The molecule has 1 amide bonds. The number of carbonyl (C=O) groups excluding carboxylic acids is 1. The number of amides is 1. The quantitative estimate of drug-likeness (QED) is 0.565. The van der Waals surface area contributed by atoms with Crippen LogP contribution >= 0.6 is 0 Å². The monoisotopic (exact) mass is 490 g/mol. The fourth-order valence-corrected chi connectivity index (χ4v) is 5.83. The number of hydrogen-bond donors (Lipinski definition) is 1. The van der Waals surface area contributed by atoms with Crippen molar-refractivity contribution in [2.75, 3.05) is 45.8 Å². The summed E-state index contributed by atoms with van der Waals surface area (Å²) in [5, 5.41) is 3.15. The molecule has 0 radical (unpaired) electrons. The van der Waals surface area contributed by atoms with Gasteiger partial charge in [-0.3, -0.25) is 4.79 Å². The molecule has 4 rings (SSSR count). The molecule has 0 saturated carbocycles. The molecule has 2 saturated heterocycles. The van der Waals surface area contributed by atoms with Crippen molar-refractivity contribution in [3.8, 4) is 0 Å². The number of carbonyl (C=O) groups is 1. The molecule has 0 spiro atoms. The summed E-state index contributed by atoms with van der Waals surface area (Å²) in [4.78, 5) is 22.0. The summed E-state index contributed by atoms with van der Waals surface area (Å²) in [6, 6.07) is 3.58. The average molecular weight is 491 g/mol. The van der Waals surface area contributed by atoms with E-state index < -0.39 is 11.6 Å². The third kappa shape index (κ3) is 6.79. The van der Waals surface area contributed by atoms with Crippen LogP contribution in [0.4, 0.5) is 8.78 Å². The highest BCUT2D eigenvalue weighted by molar-refractivity contribution is 5.95. The summed E-state index contributed by atoms with van der Waals surface area (Å²) in [5.41, 5.74) is -0.193. The van der Waals surface area contributed by atoms with Crippen LogP contribution in [0.1, 0.15) is 52.0 Å². The van der Waals surface area contributed by atoms with Gasteiger partial charge in [0.15, 0.2) is 0 Å². The van der Waals surface area contributed by atoms with Crippen LogP contribution < -0.4 is 5.32 Å². The minimum Gasteiger partial charge on any atom is -0.472 e. The Kier molecular flexibility index (Phi) is 8.76.